The van der Waals surface area contributed by atoms with Crippen molar-refractivity contribution >= 4 is 44.8 Å². The van der Waals surface area contributed by atoms with E-state index in [-0.39, 0.29) is 24.8 Å². The molecule has 0 radical (unpaired) electrons. The summed E-state index contributed by atoms with van der Waals surface area (Å²) in [5, 5.41) is 8.03. The van der Waals surface area contributed by atoms with Gasteiger partial charge in [-0.3, -0.25) is 14.6 Å². The second kappa shape index (κ2) is 8.88. The van der Waals surface area contributed by atoms with Crippen LogP contribution in [0.3, 0.4) is 0 Å². The van der Waals surface area contributed by atoms with Crippen molar-refractivity contribution in [2.45, 2.75) is 13.3 Å². The maximum atomic E-state index is 12.1. The van der Waals surface area contributed by atoms with Crippen molar-refractivity contribution in [3.63, 3.8) is 0 Å². The molecular formula is C19H17BrN4O2S. The topological polar surface area (TPSA) is 84.0 Å². The van der Waals surface area contributed by atoms with Gasteiger partial charge in [0.15, 0.2) is 0 Å². The second-order valence-electron chi connectivity index (χ2n) is 5.85. The Kier molecular flexibility index (Phi) is 6.31. The van der Waals surface area contributed by atoms with Crippen LogP contribution in [0.15, 0.2) is 52.6 Å². The van der Waals surface area contributed by atoms with E-state index < -0.39 is 0 Å². The van der Waals surface area contributed by atoms with E-state index in [9.17, 15) is 9.59 Å². The summed E-state index contributed by atoms with van der Waals surface area (Å²) >= 11 is 4.87. The van der Waals surface area contributed by atoms with Crippen molar-refractivity contribution < 1.29 is 9.59 Å². The molecule has 3 aromatic rings. The summed E-state index contributed by atoms with van der Waals surface area (Å²) in [5.74, 6) is -0.528. The van der Waals surface area contributed by atoms with Gasteiger partial charge in [0.1, 0.15) is 5.01 Å². The zero-order valence-corrected chi connectivity index (χ0v) is 16.9. The van der Waals surface area contributed by atoms with Gasteiger partial charge in [0.25, 0.3) is 0 Å². The van der Waals surface area contributed by atoms with Gasteiger partial charge in [-0.2, -0.15) is 0 Å². The molecule has 2 N–H and O–H groups in total. The Morgan fingerprint density at radius 1 is 1.22 bits per heavy atom. The molecule has 8 heteroatoms. The fraction of sp³-hybridized carbons (Fsp3) is 0.158. The van der Waals surface area contributed by atoms with Crippen LogP contribution in [0.25, 0.3) is 10.6 Å². The van der Waals surface area contributed by atoms with E-state index in [0.717, 1.165) is 20.6 Å². The largest absolute Gasteiger partial charge is 0.347 e. The Bertz CT molecular complexity index is 959. The number of anilines is 1. The lowest BCUT2D eigenvalue weighted by molar-refractivity contribution is -0.123. The number of nitrogens with zero attached hydrogens (tertiary/aromatic N) is 2. The molecular weight excluding hydrogens is 428 g/mol. The summed E-state index contributed by atoms with van der Waals surface area (Å²) in [6.07, 6.45) is 3.56. The van der Waals surface area contributed by atoms with E-state index in [1.807, 2.05) is 36.6 Å². The molecule has 6 nitrogen and oxygen atoms in total. The number of amides is 2. The third-order valence-electron chi connectivity index (χ3n) is 3.69. The van der Waals surface area contributed by atoms with Crippen molar-refractivity contribution in [1.29, 1.82) is 0 Å². The minimum Gasteiger partial charge on any atom is -0.347 e. The highest BCUT2D eigenvalue weighted by molar-refractivity contribution is 9.10. The lowest BCUT2D eigenvalue weighted by atomic mass is 10.2. The predicted octanol–water partition coefficient (Wildman–Crippen LogP) is 3.57. The van der Waals surface area contributed by atoms with Gasteiger partial charge in [-0.05, 0) is 42.8 Å². The van der Waals surface area contributed by atoms with Gasteiger partial charge in [-0.15, -0.1) is 11.3 Å². The molecule has 1 aromatic carbocycles. The summed E-state index contributed by atoms with van der Waals surface area (Å²) in [5.41, 5.74) is 3.29. The lowest BCUT2D eigenvalue weighted by Gasteiger charge is -2.08. The summed E-state index contributed by atoms with van der Waals surface area (Å²) in [4.78, 5) is 32.6. The van der Waals surface area contributed by atoms with Crippen LogP contribution in [-0.2, 0) is 16.0 Å². The smallest absolute Gasteiger partial charge is 0.243 e. The number of halogens is 1. The molecule has 0 aliphatic rings. The van der Waals surface area contributed by atoms with Crippen LogP contribution in [0, 0.1) is 6.92 Å². The van der Waals surface area contributed by atoms with E-state index in [4.69, 9.17) is 0 Å². The summed E-state index contributed by atoms with van der Waals surface area (Å²) in [6, 6.07) is 9.29. The van der Waals surface area contributed by atoms with Crippen LogP contribution in [0.1, 0.15) is 11.3 Å². The third-order valence-corrected chi connectivity index (χ3v) is 5.52. The first-order valence-electron chi connectivity index (χ1n) is 8.19. The molecule has 0 saturated heterocycles. The molecule has 2 heterocycles. The van der Waals surface area contributed by atoms with Gasteiger partial charge in [0, 0.05) is 33.5 Å². The van der Waals surface area contributed by atoms with E-state index >= 15 is 0 Å². The number of nitrogens with one attached hydrogen (secondary N) is 2. The lowest BCUT2D eigenvalue weighted by Crippen LogP contribution is -2.33. The molecule has 138 valence electrons. The maximum Gasteiger partial charge on any atom is 0.243 e. The summed E-state index contributed by atoms with van der Waals surface area (Å²) in [6.45, 7) is 1.85. The minimum absolute atomic E-state index is 0.0897. The molecule has 2 aromatic heterocycles. The molecule has 27 heavy (non-hydrogen) atoms. The standard InChI is InChI=1S/C19H17BrN4O2S/c1-12-7-14(4-5-16(12)20)23-18(26)10-22-17(25)8-15-11-27-19(24-15)13-3-2-6-21-9-13/h2-7,9,11H,8,10H2,1H3,(H,22,25)(H,23,26). The van der Waals surface area contributed by atoms with Crippen LogP contribution in [0.4, 0.5) is 5.69 Å². The maximum absolute atomic E-state index is 12.1. The quantitative estimate of drug-likeness (QED) is 0.608. The number of carbonyl (C=O) groups is 2. The van der Waals surface area contributed by atoms with Crippen molar-refractivity contribution in [3.8, 4) is 10.6 Å². The van der Waals surface area contributed by atoms with Crippen LogP contribution in [0.5, 0.6) is 0 Å². The number of hydrogen-bond acceptors (Lipinski definition) is 5. The van der Waals surface area contributed by atoms with E-state index in [2.05, 4.69) is 36.5 Å². The first-order chi connectivity index (χ1) is 13.0. The average Bonchev–Trinajstić information content (AvgIpc) is 3.12. The monoisotopic (exact) mass is 444 g/mol. The highest BCUT2D eigenvalue weighted by Gasteiger charge is 2.11. The van der Waals surface area contributed by atoms with E-state index in [1.165, 1.54) is 11.3 Å². The van der Waals surface area contributed by atoms with Gasteiger partial charge in [0.05, 0.1) is 18.7 Å². The number of benzene rings is 1. The number of carbonyl (C=O) groups excluding carboxylic acids is 2. The van der Waals surface area contributed by atoms with E-state index in [0.29, 0.717) is 11.4 Å². The van der Waals surface area contributed by atoms with Gasteiger partial charge in [-0.25, -0.2) is 4.98 Å². The molecule has 3 rings (SSSR count). The molecule has 0 saturated carbocycles. The summed E-state index contributed by atoms with van der Waals surface area (Å²) in [7, 11) is 0. The fourth-order valence-corrected chi connectivity index (χ4v) is 3.40. The highest BCUT2D eigenvalue weighted by atomic mass is 79.9. The zero-order valence-electron chi connectivity index (χ0n) is 14.5. The van der Waals surface area contributed by atoms with Crippen LogP contribution < -0.4 is 10.6 Å². The van der Waals surface area contributed by atoms with Gasteiger partial charge < -0.3 is 10.6 Å². The minimum atomic E-state index is -0.278. The van der Waals surface area contributed by atoms with Crippen LogP contribution in [0.2, 0.25) is 0 Å². The second-order valence-corrected chi connectivity index (χ2v) is 7.56. The van der Waals surface area contributed by atoms with Gasteiger partial charge >= 0.3 is 0 Å². The van der Waals surface area contributed by atoms with Crippen molar-refractivity contribution in [1.82, 2.24) is 15.3 Å². The fourth-order valence-electron chi connectivity index (χ4n) is 2.34. The molecule has 0 fully saturated rings. The number of rotatable bonds is 6. The summed E-state index contributed by atoms with van der Waals surface area (Å²) < 4.78 is 0.975. The Balaban J connectivity index is 1.49. The first kappa shape index (κ1) is 19.2. The molecule has 0 spiro atoms. The number of hydrogen-bond donors (Lipinski definition) is 2. The molecule has 0 bridgehead atoms. The molecule has 0 aliphatic carbocycles. The van der Waals surface area contributed by atoms with Crippen molar-refractivity contribution in [3.05, 3.63) is 63.8 Å². The third kappa shape index (κ3) is 5.45. The van der Waals surface area contributed by atoms with E-state index in [1.54, 1.807) is 18.5 Å². The molecule has 0 unspecified atom stereocenters. The Hall–Kier alpha value is -2.58. The molecule has 0 atom stereocenters. The van der Waals surface area contributed by atoms with Gasteiger partial charge in [0.2, 0.25) is 11.8 Å². The zero-order chi connectivity index (χ0) is 19.2. The van der Waals surface area contributed by atoms with Crippen LogP contribution in [-0.4, -0.2) is 28.3 Å². The average molecular weight is 445 g/mol. The van der Waals surface area contributed by atoms with Crippen molar-refractivity contribution in [2.75, 3.05) is 11.9 Å². The number of thiazole rings is 1. The van der Waals surface area contributed by atoms with Crippen molar-refractivity contribution in [2.24, 2.45) is 0 Å². The number of pyridine rings is 1. The predicted molar refractivity (Wildman–Crippen MR) is 110 cm³/mol. The Morgan fingerprint density at radius 3 is 2.81 bits per heavy atom. The Labute approximate surface area is 169 Å². The normalized spacial score (nSPS) is 10.4. The number of aryl methyl sites for hydroxylation is 1. The number of aromatic nitrogens is 2. The van der Waals surface area contributed by atoms with Gasteiger partial charge in [-0.1, -0.05) is 15.9 Å². The Morgan fingerprint density at radius 2 is 2.07 bits per heavy atom. The SMILES string of the molecule is Cc1cc(NC(=O)CNC(=O)Cc2csc(-c3cccnc3)n2)ccc1Br. The molecule has 2 amide bonds. The highest BCUT2D eigenvalue weighted by Crippen LogP contribution is 2.23. The first-order valence-corrected chi connectivity index (χ1v) is 9.86. The van der Waals surface area contributed by atoms with Crippen LogP contribution >= 0.6 is 27.3 Å². The molecule has 0 aliphatic heterocycles.